The lowest BCUT2D eigenvalue weighted by molar-refractivity contribution is -0.116. The SMILES string of the molecule is Cc1ccc([C@H]2Nc3ccccc3NC3=C2C(=O)C[C@H](c2ccccc2)C3)cc1. The smallest absolute Gasteiger partial charge is 0.163 e. The molecule has 0 aromatic heterocycles. The summed E-state index contributed by atoms with van der Waals surface area (Å²) >= 11 is 0. The fraction of sp³-hybridized carbons (Fsp3) is 0.192. The van der Waals surface area contributed by atoms with E-state index in [1.807, 2.05) is 18.2 Å². The van der Waals surface area contributed by atoms with Crippen LogP contribution in [0.2, 0.25) is 0 Å². The van der Waals surface area contributed by atoms with Gasteiger partial charge in [0.15, 0.2) is 5.78 Å². The van der Waals surface area contributed by atoms with Gasteiger partial charge in [0.1, 0.15) is 0 Å². The minimum atomic E-state index is -0.147. The molecule has 144 valence electrons. The summed E-state index contributed by atoms with van der Waals surface area (Å²) in [7, 11) is 0. The highest BCUT2D eigenvalue weighted by Gasteiger charge is 2.35. The van der Waals surface area contributed by atoms with Crippen LogP contribution in [-0.4, -0.2) is 5.78 Å². The van der Waals surface area contributed by atoms with Gasteiger partial charge in [0.2, 0.25) is 0 Å². The van der Waals surface area contributed by atoms with Gasteiger partial charge in [0.05, 0.1) is 17.4 Å². The van der Waals surface area contributed by atoms with Gasteiger partial charge in [0, 0.05) is 17.7 Å². The summed E-state index contributed by atoms with van der Waals surface area (Å²) in [6, 6.07) is 26.9. The number of benzene rings is 3. The summed E-state index contributed by atoms with van der Waals surface area (Å²) in [5.41, 5.74) is 7.52. The third-order valence-electron chi connectivity index (χ3n) is 5.99. The molecule has 0 fully saturated rings. The van der Waals surface area contributed by atoms with E-state index in [-0.39, 0.29) is 17.7 Å². The van der Waals surface area contributed by atoms with E-state index in [0.29, 0.717) is 6.42 Å². The van der Waals surface area contributed by atoms with Crippen LogP contribution >= 0.6 is 0 Å². The monoisotopic (exact) mass is 380 g/mol. The first-order valence-electron chi connectivity index (χ1n) is 10.2. The second-order valence-electron chi connectivity index (χ2n) is 7.99. The number of carbonyl (C=O) groups is 1. The van der Waals surface area contributed by atoms with E-state index < -0.39 is 0 Å². The van der Waals surface area contributed by atoms with Crippen molar-refractivity contribution in [1.82, 2.24) is 0 Å². The van der Waals surface area contributed by atoms with Crippen LogP contribution in [0.3, 0.4) is 0 Å². The molecule has 0 bridgehead atoms. The fourth-order valence-corrected chi connectivity index (χ4v) is 4.46. The molecular weight excluding hydrogens is 356 g/mol. The number of rotatable bonds is 2. The molecule has 3 aromatic rings. The molecule has 2 aliphatic rings. The molecular formula is C26H24N2O. The van der Waals surface area contributed by atoms with E-state index in [0.717, 1.165) is 34.6 Å². The summed E-state index contributed by atoms with van der Waals surface area (Å²) in [6.45, 7) is 2.09. The number of nitrogens with one attached hydrogen (secondary N) is 2. The van der Waals surface area contributed by atoms with Crippen LogP contribution in [0.1, 0.15) is 41.5 Å². The van der Waals surface area contributed by atoms with Crippen LogP contribution in [0, 0.1) is 6.92 Å². The lowest BCUT2D eigenvalue weighted by Crippen LogP contribution is -2.26. The number of allylic oxidation sites excluding steroid dienone is 1. The summed E-state index contributed by atoms with van der Waals surface area (Å²) in [6.07, 6.45) is 1.38. The molecule has 1 heterocycles. The molecule has 0 unspecified atom stereocenters. The number of hydrogen-bond acceptors (Lipinski definition) is 3. The zero-order chi connectivity index (χ0) is 19.8. The Kier molecular flexibility index (Phi) is 4.44. The Morgan fingerprint density at radius 2 is 1.45 bits per heavy atom. The van der Waals surface area contributed by atoms with Crippen LogP contribution in [-0.2, 0) is 4.79 Å². The van der Waals surface area contributed by atoms with Crippen LogP contribution in [0.15, 0.2) is 90.1 Å². The number of fused-ring (bicyclic) bond motifs is 1. The first kappa shape index (κ1) is 17.7. The molecule has 3 heteroatoms. The number of hydrogen-bond donors (Lipinski definition) is 2. The summed E-state index contributed by atoms with van der Waals surface area (Å²) in [4.78, 5) is 13.4. The number of para-hydroxylation sites is 2. The second kappa shape index (κ2) is 7.25. The third-order valence-corrected chi connectivity index (χ3v) is 5.99. The molecule has 0 spiro atoms. The molecule has 29 heavy (non-hydrogen) atoms. The highest BCUT2D eigenvalue weighted by atomic mass is 16.1. The van der Waals surface area contributed by atoms with Gasteiger partial charge in [-0.15, -0.1) is 0 Å². The Morgan fingerprint density at radius 1 is 0.759 bits per heavy atom. The molecule has 0 saturated carbocycles. The van der Waals surface area contributed by atoms with E-state index in [9.17, 15) is 4.79 Å². The minimum Gasteiger partial charge on any atom is -0.372 e. The molecule has 3 aromatic carbocycles. The highest BCUT2D eigenvalue weighted by Crippen LogP contribution is 2.44. The second-order valence-corrected chi connectivity index (χ2v) is 7.99. The van der Waals surface area contributed by atoms with Crippen molar-refractivity contribution < 1.29 is 4.79 Å². The first-order valence-corrected chi connectivity index (χ1v) is 10.2. The maximum Gasteiger partial charge on any atom is 0.163 e. The van der Waals surface area contributed by atoms with E-state index in [1.54, 1.807) is 0 Å². The average Bonchev–Trinajstić information content (AvgIpc) is 2.92. The molecule has 5 rings (SSSR count). The number of ketones is 1. The Labute approximate surface area is 171 Å². The van der Waals surface area contributed by atoms with Crippen molar-refractivity contribution in [3.8, 4) is 0 Å². The first-order chi connectivity index (χ1) is 14.2. The minimum absolute atomic E-state index is 0.147. The molecule has 0 radical (unpaired) electrons. The van der Waals surface area contributed by atoms with Crippen molar-refractivity contribution in [3.63, 3.8) is 0 Å². The van der Waals surface area contributed by atoms with Gasteiger partial charge >= 0.3 is 0 Å². The standard InChI is InChI=1S/C26H24N2O/c1-17-11-13-19(14-12-17)26-25-23(27-21-9-5-6-10-22(21)28-26)15-20(16-24(25)29)18-7-3-2-4-8-18/h2-14,20,26-28H,15-16H2,1H3/t20-,26-/m1/s1. The van der Waals surface area contributed by atoms with Crippen LogP contribution in [0.4, 0.5) is 11.4 Å². The Bertz CT molecular complexity index is 1080. The van der Waals surface area contributed by atoms with Gasteiger partial charge in [-0.25, -0.2) is 0 Å². The maximum atomic E-state index is 13.4. The largest absolute Gasteiger partial charge is 0.372 e. The van der Waals surface area contributed by atoms with Gasteiger partial charge in [0.25, 0.3) is 0 Å². The molecule has 2 atom stereocenters. The quantitative estimate of drug-likeness (QED) is 0.575. The van der Waals surface area contributed by atoms with E-state index in [2.05, 4.69) is 78.2 Å². The van der Waals surface area contributed by atoms with Gasteiger partial charge in [-0.2, -0.15) is 0 Å². The number of aryl methyl sites for hydroxylation is 1. The van der Waals surface area contributed by atoms with Crippen molar-refractivity contribution in [3.05, 3.63) is 107 Å². The van der Waals surface area contributed by atoms with Gasteiger partial charge in [-0.3, -0.25) is 4.79 Å². The van der Waals surface area contributed by atoms with Crippen molar-refractivity contribution in [2.75, 3.05) is 10.6 Å². The number of carbonyl (C=O) groups excluding carboxylic acids is 1. The summed E-state index contributed by atoms with van der Waals surface area (Å²) in [5.74, 6) is 0.428. The molecule has 1 aliphatic heterocycles. The van der Waals surface area contributed by atoms with Crippen LogP contribution < -0.4 is 10.6 Å². The van der Waals surface area contributed by atoms with Crippen molar-refractivity contribution in [1.29, 1.82) is 0 Å². The van der Waals surface area contributed by atoms with E-state index in [4.69, 9.17) is 0 Å². The van der Waals surface area contributed by atoms with E-state index in [1.165, 1.54) is 11.1 Å². The van der Waals surface area contributed by atoms with Crippen molar-refractivity contribution in [2.45, 2.75) is 31.7 Å². The number of Topliss-reactive ketones (excluding diaryl/α,β-unsaturated/α-hetero) is 1. The predicted molar refractivity (Wildman–Crippen MR) is 118 cm³/mol. The maximum absolute atomic E-state index is 13.4. The van der Waals surface area contributed by atoms with E-state index >= 15 is 0 Å². The highest BCUT2D eigenvalue weighted by molar-refractivity contribution is 6.01. The summed E-state index contributed by atoms with van der Waals surface area (Å²) in [5, 5.41) is 7.24. The normalized spacial score (nSPS) is 20.8. The van der Waals surface area contributed by atoms with Crippen LogP contribution in [0.5, 0.6) is 0 Å². The average molecular weight is 380 g/mol. The summed E-state index contributed by atoms with van der Waals surface area (Å²) < 4.78 is 0. The zero-order valence-corrected chi connectivity index (χ0v) is 16.5. The van der Waals surface area contributed by atoms with Gasteiger partial charge < -0.3 is 10.6 Å². The molecule has 3 nitrogen and oxygen atoms in total. The third kappa shape index (κ3) is 3.33. The Hall–Kier alpha value is -3.33. The lowest BCUT2D eigenvalue weighted by atomic mass is 9.78. The topological polar surface area (TPSA) is 41.1 Å². The lowest BCUT2D eigenvalue weighted by Gasteiger charge is -2.30. The molecule has 0 saturated heterocycles. The molecule has 1 aliphatic carbocycles. The Balaban J connectivity index is 1.61. The Morgan fingerprint density at radius 3 is 2.21 bits per heavy atom. The zero-order valence-electron chi connectivity index (χ0n) is 16.5. The number of anilines is 2. The van der Waals surface area contributed by atoms with Crippen LogP contribution in [0.25, 0.3) is 0 Å². The predicted octanol–water partition coefficient (Wildman–Crippen LogP) is 5.97. The fourth-order valence-electron chi connectivity index (χ4n) is 4.46. The van der Waals surface area contributed by atoms with Crippen molar-refractivity contribution in [2.24, 2.45) is 0 Å². The van der Waals surface area contributed by atoms with Gasteiger partial charge in [-0.05, 0) is 42.5 Å². The molecule has 0 amide bonds. The van der Waals surface area contributed by atoms with Gasteiger partial charge in [-0.1, -0.05) is 72.3 Å². The van der Waals surface area contributed by atoms with Crippen molar-refractivity contribution >= 4 is 17.2 Å². The molecule has 2 N–H and O–H groups in total.